The number of benzene rings is 5. The zero-order valence-corrected chi connectivity index (χ0v) is 27.3. The molecule has 0 heterocycles. The van der Waals surface area contributed by atoms with E-state index in [-0.39, 0.29) is 29.3 Å². The van der Waals surface area contributed by atoms with E-state index in [0.717, 1.165) is 36.8 Å². The maximum atomic E-state index is 15.3. The van der Waals surface area contributed by atoms with Crippen molar-refractivity contribution in [1.82, 2.24) is 0 Å². The highest BCUT2D eigenvalue weighted by Crippen LogP contribution is 2.40. The van der Waals surface area contributed by atoms with Gasteiger partial charge < -0.3 is 9.47 Å². The topological polar surface area (TPSA) is 18.5 Å². The molecule has 5 aromatic rings. The van der Waals surface area contributed by atoms with Crippen molar-refractivity contribution in [2.24, 2.45) is 0 Å². The summed E-state index contributed by atoms with van der Waals surface area (Å²) in [6.07, 6.45) is -3.53. The van der Waals surface area contributed by atoms with Crippen LogP contribution in [-0.2, 0) is 12.5 Å². The van der Waals surface area contributed by atoms with Crippen LogP contribution >= 0.6 is 0 Å². The first-order chi connectivity index (χ1) is 24.6. The quantitative estimate of drug-likeness (QED) is 0.0885. The van der Waals surface area contributed by atoms with Gasteiger partial charge in [0.25, 0.3) is 0 Å². The van der Waals surface area contributed by atoms with Crippen LogP contribution in [0, 0.1) is 34.9 Å². The summed E-state index contributed by atoms with van der Waals surface area (Å²) in [5.41, 5.74) is -1.95. The molecule has 0 aliphatic rings. The van der Waals surface area contributed by atoms with Gasteiger partial charge in [-0.1, -0.05) is 69.0 Å². The lowest BCUT2D eigenvalue weighted by Gasteiger charge is -2.20. The standard InChI is InChI=1S/C39H29F11O2/c1-2-3-4-5-6-7-22-8-10-23(11-9-22)24-12-14-28(29(40)16-24)25-17-31(42)36(32(43)18-25)26-19-33(44)37(34(45)20-26)38(46,47)51-27-13-15-35(30(41)21-27)52-39(48,49)50/h8-21H,2-7H2,1H3. The van der Waals surface area contributed by atoms with Gasteiger partial charge in [0.2, 0.25) is 0 Å². The predicted octanol–water partition coefficient (Wildman–Crippen LogP) is 13.1. The third-order valence-corrected chi connectivity index (χ3v) is 8.18. The summed E-state index contributed by atoms with van der Waals surface area (Å²) in [6.45, 7) is 2.15. The van der Waals surface area contributed by atoms with Crippen molar-refractivity contribution in [3.63, 3.8) is 0 Å². The van der Waals surface area contributed by atoms with Crippen molar-refractivity contribution < 1.29 is 57.8 Å². The molecule has 274 valence electrons. The molecule has 0 aliphatic heterocycles. The van der Waals surface area contributed by atoms with Crippen LogP contribution in [0.1, 0.15) is 50.2 Å². The van der Waals surface area contributed by atoms with Crippen molar-refractivity contribution in [3.8, 4) is 44.9 Å². The fourth-order valence-electron chi connectivity index (χ4n) is 5.68. The minimum atomic E-state index is -5.30. The highest BCUT2D eigenvalue weighted by molar-refractivity contribution is 5.75. The Balaban J connectivity index is 1.34. The first-order valence-electron chi connectivity index (χ1n) is 16.1. The number of aryl methyl sites for hydroxylation is 1. The lowest BCUT2D eigenvalue weighted by atomic mass is 9.95. The molecule has 52 heavy (non-hydrogen) atoms. The molecule has 5 rings (SSSR count). The third kappa shape index (κ3) is 9.04. The molecule has 0 spiro atoms. The van der Waals surface area contributed by atoms with Crippen LogP contribution < -0.4 is 9.47 Å². The number of unbranched alkanes of at least 4 members (excludes halogenated alkanes) is 4. The van der Waals surface area contributed by atoms with Gasteiger partial charge in [-0.3, -0.25) is 0 Å². The first kappa shape index (κ1) is 38.2. The van der Waals surface area contributed by atoms with Gasteiger partial charge >= 0.3 is 12.5 Å². The molecule has 0 unspecified atom stereocenters. The van der Waals surface area contributed by atoms with Gasteiger partial charge in [-0.2, -0.15) is 8.78 Å². The third-order valence-electron chi connectivity index (χ3n) is 8.18. The molecule has 0 aromatic heterocycles. The molecule has 0 N–H and O–H groups in total. The molecule has 0 atom stereocenters. The van der Waals surface area contributed by atoms with Crippen molar-refractivity contribution in [2.75, 3.05) is 0 Å². The van der Waals surface area contributed by atoms with Crippen LogP contribution in [0.3, 0.4) is 0 Å². The Morgan fingerprint density at radius 2 is 1.08 bits per heavy atom. The largest absolute Gasteiger partial charge is 0.573 e. The smallest absolute Gasteiger partial charge is 0.429 e. The van der Waals surface area contributed by atoms with E-state index in [1.807, 2.05) is 24.3 Å². The molecule has 0 saturated carbocycles. The lowest BCUT2D eigenvalue weighted by Crippen LogP contribution is -2.25. The second kappa shape index (κ2) is 15.7. The van der Waals surface area contributed by atoms with E-state index in [4.69, 9.17) is 0 Å². The van der Waals surface area contributed by atoms with Gasteiger partial charge in [0.15, 0.2) is 11.6 Å². The van der Waals surface area contributed by atoms with E-state index in [2.05, 4.69) is 16.4 Å². The van der Waals surface area contributed by atoms with E-state index in [1.54, 1.807) is 6.07 Å². The van der Waals surface area contributed by atoms with Gasteiger partial charge in [-0.15, -0.1) is 13.2 Å². The Kier molecular flexibility index (Phi) is 11.5. The van der Waals surface area contributed by atoms with Crippen molar-refractivity contribution in [1.29, 1.82) is 0 Å². The van der Waals surface area contributed by atoms with E-state index >= 15 is 13.2 Å². The average Bonchev–Trinajstić information content (AvgIpc) is 3.04. The Morgan fingerprint density at radius 1 is 0.500 bits per heavy atom. The van der Waals surface area contributed by atoms with E-state index in [1.165, 1.54) is 25.0 Å². The zero-order valence-electron chi connectivity index (χ0n) is 27.3. The maximum Gasteiger partial charge on any atom is 0.573 e. The Labute approximate surface area is 291 Å². The number of ether oxygens (including phenoxy) is 2. The highest BCUT2D eigenvalue weighted by Gasteiger charge is 2.42. The minimum absolute atomic E-state index is 0.0654. The summed E-state index contributed by atoms with van der Waals surface area (Å²) in [7, 11) is 0. The van der Waals surface area contributed by atoms with E-state index in [9.17, 15) is 35.1 Å². The molecule has 0 radical (unpaired) electrons. The molecule has 2 nitrogen and oxygen atoms in total. The van der Waals surface area contributed by atoms with Crippen molar-refractivity contribution >= 4 is 0 Å². The van der Waals surface area contributed by atoms with Crippen molar-refractivity contribution in [2.45, 2.75) is 57.9 Å². The minimum Gasteiger partial charge on any atom is -0.429 e. The van der Waals surface area contributed by atoms with Crippen LogP contribution in [0.4, 0.5) is 48.3 Å². The maximum absolute atomic E-state index is 15.3. The summed E-state index contributed by atoms with van der Waals surface area (Å²) in [5, 5.41) is 0. The number of hydrogen-bond donors (Lipinski definition) is 0. The number of rotatable bonds is 13. The Morgan fingerprint density at radius 3 is 1.65 bits per heavy atom. The normalized spacial score (nSPS) is 11.9. The molecule has 0 bridgehead atoms. The van der Waals surface area contributed by atoms with Gasteiger partial charge in [0.1, 0.15) is 40.4 Å². The van der Waals surface area contributed by atoms with Crippen LogP contribution in [0.15, 0.2) is 84.9 Å². The highest BCUT2D eigenvalue weighted by atomic mass is 19.4. The molecule has 0 amide bonds. The molecular weight excluding hydrogens is 709 g/mol. The Bertz CT molecular complexity index is 1990. The molecule has 13 heteroatoms. The fraction of sp³-hybridized carbons (Fsp3) is 0.231. The first-order valence-corrected chi connectivity index (χ1v) is 16.1. The second-order valence-corrected chi connectivity index (χ2v) is 11.9. The lowest BCUT2D eigenvalue weighted by molar-refractivity contribution is -0.275. The second-order valence-electron chi connectivity index (χ2n) is 11.9. The van der Waals surface area contributed by atoms with Crippen LogP contribution in [0.25, 0.3) is 33.4 Å². The SMILES string of the molecule is CCCCCCCc1ccc(-c2ccc(-c3cc(F)c(-c4cc(F)c(C(F)(F)Oc5ccc(OC(F)(F)F)c(F)c5)c(F)c4)c(F)c3)c(F)c2)cc1. The van der Waals surface area contributed by atoms with Gasteiger partial charge in [-0.25, -0.2) is 26.3 Å². The van der Waals surface area contributed by atoms with Crippen LogP contribution in [0.5, 0.6) is 11.5 Å². The summed E-state index contributed by atoms with van der Waals surface area (Å²) >= 11 is 0. The summed E-state index contributed by atoms with van der Waals surface area (Å²) in [4.78, 5) is 0. The fourth-order valence-corrected chi connectivity index (χ4v) is 5.68. The Hall–Kier alpha value is -5.07. The van der Waals surface area contributed by atoms with E-state index in [0.29, 0.717) is 29.8 Å². The van der Waals surface area contributed by atoms with Gasteiger partial charge in [0, 0.05) is 11.6 Å². The van der Waals surface area contributed by atoms with Crippen LogP contribution in [-0.4, -0.2) is 6.36 Å². The molecular formula is C39H29F11O2. The summed E-state index contributed by atoms with van der Waals surface area (Å²) in [5.74, 6) is -11.9. The van der Waals surface area contributed by atoms with Crippen molar-refractivity contribution in [3.05, 3.63) is 131 Å². The molecule has 0 aliphatic carbocycles. The van der Waals surface area contributed by atoms with Gasteiger partial charge in [-0.05, 0) is 83.1 Å². The monoisotopic (exact) mass is 738 g/mol. The zero-order chi connectivity index (χ0) is 37.8. The molecule has 0 saturated heterocycles. The van der Waals surface area contributed by atoms with E-state index < -0.39 is 75.6 Å². The summed E-state index contributed by atoms with van der Waals surface area (Å²) in [6, 6.07) is 14.3. The van der Waals surface area contributed by atoms with Crippen LogP contribution in [0.2, 0.25) is 0 Å². The average molecular weight is 739 g/mol. The predicted molar refractivity (Wildman–Crippen MR) is 173 cm³/mol. The number of halogens is 11. The summed E-state index contributed by atoms with van der Waals surface area (Å²) < 4.78 is 164. The number of alkyl halides is 5. The number of hydrogen-bond acceptors (Lipinski definition) is 2. The molecule has 0 fully saturated rings. The van der Waals surface area contributed by atoms with Gasteiger partial charge in [0.05, 0.1) is 5.56 Å². The molecule has 5 aromatic carbocycles.